The number of rotatable bonds is 6. The molecule has 3 aromatic carbocycles. The van der Waals surface area contributed by atoms with E-state index in [0.717, 1.165) is 4.90 Å². The van der Waals surface area contributed by atoms with E-state index in [1.165, 1.54) is 42.5 Å². The Morgan fingerprint density at radius 2 is 1.60 bits per heavy atom. The molecule has 0 saturated carbocycles. The maximum Gasteiger partial charge on any atom is 0.338 e. The van der Waals surface area contributed by atoms with Gasteiger partial charge in [-0.05, 0) is 37.3 Å². The van der Waals surface area contributed by atoms with Crippen LogP contribution < -0.4 is 4.90 Å². The maximum absolute atomic E-state index is 13.2. The fourth-order valence-electron chi connectivity index (χ4n) is 4.00. The third kappa shape index (κ3) is 4.26. The van der Waals surface area contributed by atoms with Gasteiger partial charge in [-0.15, -0.1) is 0 Å². The van der Waals surface area contributed by atoms with Crippen molar-refractivity contribution in [1.82, 2.24) is 0 Å². The van der Waals surface area contributed by atoms with Gasteiger partial charge in [0.1, 0.15) is 11.8 Å². The molecule has 3 aromatic rings. The number of aliphatic hydroxyl groups excluding tert-OH is 1. The van der Waals surface area contributed by atoms with Gasteiger partial charge in [0.05, 0.1) is 28.2 Å². The molecule has 176 valence electrons. The summed E-state index contributed by atoms with van der Waals surface area (Å²) in [6, 6.07) is 18.4. The Bertz CT molecular complexity index is 1350. The molecule has 0 aliphatic carbocycles. The van der Waals surface area contributed by atoms with E-state index in [1.807, 2.05) is 0 Å². The SMILES string of the molecule is CCOC(=O)c1ccc(N2C(=O)C(=O)/C(=C(/O)c3ccccc3)[C@H]2c2ccccc2[N+](=O)[O-])cc1. The summed E-state index contributed by atoms with van der Waals surface area (Å²) in [4.78, 5) is 50.7. The second-order valence-corrected chi connectivity index (χ2v) is 7.62. The van der Waals surface area contributed by atoms with Crippen molar-refractivity contribution in [2.75, 3.05) is 11.5 Å². The first kappa shape index (κ1) is 23.4. The lowest BCUT2D eigenvalue weighted by atomic mass is 9.94. The van der Waals surface area contributed by atoms with Gasteiger partial charge in [-0.2, -0.15) is 0 Å². The minimum Gasteiger partial charge on any atom is -0.507 e. The van der Waals surface area contributed by atoms with Gasteiger partial charge in [-0.1, -0.05) is 42.5 Å². The summed E-state index contributed by atoms with van der Waals surface area (Å²) >= 11 is 0. The average Bonchev–Trinajstić information content (AvgIpc) is 3.14. The van der Waals surface area contributed by atoms with Crippen LogP contribution in [0.3, 0.4) is 0 Å². The Morgan fingerprint density at radius 1 is 0.971 bits per heavy atom. The first-order valence-electron chi connectivity index (χ1n) is 10.7. The number of amides is 1. The number of nitro benzene ring substituents is 1. The molecule has 0 aromatic heterocycles. The van der Waals surface area contributed by atoms with Crippen LogP contribution in [0.2, 0.25) is 0 Å². The molecule has 1 amide bonds. The number of Topliss-reactive ketones (excluding diaryl/α,β-unsaturated/α-hetero) is 1. The molecule has 35 heavy (non-hydrogen) atoms. The van der Waals surface area contributed by atoms with Crippen LogP contribution in [0.15, 0.2) is 84.4 Å². The van der Waals surface area contributed by atoms with Crippen LogP contribution in [0.4, 0.5) is 11.4 Å². The number of anilines is 1. The highest BCUT2D eigenvalue weighted by molar-refractivity contribution is 6.51. The third-order valence-corrected chi connectivity index (χ3v) is 5.58. The number of nitrogens with zero attached hydrogens (tertiary/aromatic N) is 2. The zero-order chi connectivity index (χ0) is 25.1. The number of ether oxygens (including phenoxy) is 1. The Kier molecular flexibility index (Phi) is 6.41. The highest BCUT2D eigenvalue weighted by Crippen LogP contribution is 2.44. The van der Waals surface area contributed by atoms with Crippen LogP contribution in [0, 0.1) is 10.1 Å². The predicted octanol–water partition coefficient (Wildman–Crippen LogP) is 4.40. The highest BCUT2D eigenvalue weighted by Gasteiger charge is 2.48. The molecule has 0 bridgehead atoms. The van der Waals surface area contributed by atoms with Crippen LogP contribution in [-0.2, 0) is 14.3 Å². The second-order valence-electron chi connectivity index (χ2n) is 7.62. The van der Waals surface area contributed by atoms with Gasteiger partial charge in [-0.25, -0.2) is 4.79 Å². The van der Waals surface area contributed by atoms with Crippen molar-refractivity contribution in [1.29, 1.82) is 0 Å². The quantitative estimate of drug-likeness (QED) is 0.141. The standard InChI is InChI=1S/C26H20N2O7/c1-2-35-26(32)17-12-14-18(15-13-17)27-22(19-10-6-7-11-20(19)28(33)34)21(24(30)25(27)31)23(29)16-8-4-3-5-9-16/h3-15,22,29H,2H2,1H3/b23-21+/t22-/m1/s1. The van der Waals surface area contributed by atoms with E-state index in [2.05, 4.69) is 0 Å². The summed E-state index contributed by atoms with van der Waals surface area (Å²) in [6.45, 7) is 1.86. The number of carbonyl (C=O) groups excluding carboxylic acids is 3. The summed E-state index contributed by atoms with van der Waals surface area (Å²) in [6.07, 6.45) is 0. The number of para-hydroxylation sites is 1. The Hall–Kier alpha value is -4.79. The van der Waals surface area contributed by atoms with Crippen LogP contribution in [0.1, 0.15) is 34.5 Å². The first-order chi connectivity index (χ1) is 16.8. The summed E-state index contributed by atoms with van der Waals surface area (Å²) in [5.41, 5.74) is 0.209. The minimum atomic E-state index is -1.27. The molecule has 1 heterocycles. The van der Waals surface area contributed by atoms with Crippen LogP contribution in [-0.4, -0.2) is 34.3 Å². The van der Waals surface area contributed by atoms with Crippen molar-refractivity contribution in [3.05, 3.63) is 111 Å². The fraction of sp³-hybridized carbons (Fsp3) is 0.115. The molecular weight excluding hydrogens is 452 g/mol. The van der Waals surface area contributed by atoms with Gasteiger partial charge in [0.15, 0.2) is 0 Å². The molecule has 0 spiro atoms. The van der Waals surface area contributed by atoms with E-state index in [4.69, 9.17) is 4.74 Å². The molecule has 0 radical (unpaired) electrons. The van der Waals surface area contributed by atoms with E-state index in [1.54, 1.807) is 43.3 Å². The topological polar surface area (TPSA) is 127 Å². The number of benzene rings is 3. The number of aliphatic hydroxyl groups is 1. The molecule has 1 atom stereocenters. The zero-order valence-electron chi connectivity index (χ0n) is 18.6. The van der Waals surface area contributed by atoms with Gasteiger partial charge in [-0.3, -0.25) is 24.6 Å². The number of nitro groups is 1. The first-order valence-corrected chi connectivity index (χ1v) is 10.7. The van der Waals surface area contributed by atoms with E-state index < -0.39 is 34.4 Å². The normalized spacial score (nSPS) is 16.8. The number of ketones is 1. The molecule has 1 saturated heterocycles. The molecule has 1 N–H and O–H groups in total. The fourth-order valence-corrected chi connectivity index (χ4v) is 4.00. The van der Waals surface area contributed by atoms with Crippen LogP contribution >= 0.6 is 0 Å². The molecule has 9 heteroatoms. The third-order valence-electron chi connectivity index (χ3n) is 5.58. The van der Waals surface area contributed by atoms with Crippen molar-refractivity contribution in [2.45, 2.75) is 13.0 Å². The highest BCUT2D eigenvalue weighted by atomic mass is 16.6. The molecule has 0 unspecified atom stereocenters. The monoisotopic (exact) mass is 472 g/mol. The van der Waals surface area contributed by atoms with E-state index in [0.29, 0.717) is 0 Å². The van der Waals surface area contributed by atoms with Crippen molar-refractivity contribution < 1.29 is 29.2 Å². The molecule has 4 rings (SSSR count). The Morgan fingerprint density at radius 3 is 2.23 bits per heavy atom. The summed E-state index contributed by atoms with van der Waals surface area (Å²) < 4.78 is 4.97. The van der Waals surface area contributed by atoms with Crippen molar-refractivity contribution in [3.8, 4) is 0 Å². The second kappa shape index (κ2) is 9.60. The summed E-state index contributed by atoms with van der Waals surface area (Å²) in [5.74, 6) is -2.95. The maximum atomic E-state index is 13.2. The van der Waals surface area contributed by atoms with Crippen molar-refractivity contribution in [3.63, 3.8) is 0 Å². The Labute approximate surface area is 200 Å². The summed E-state index contributed by atoms with van der Waals surface area (Å²) in [7, 11) is 0. The van der Waals surface area contributed by atoms with E-state index in [-0.39, 0.29) is 40.2 Å². The number of hydrogen-bond acceptors (Lipinski definition) is 7. The molecule has 9 nitrogen and oxygen atoms in total. The summed E-state index contributed by atoms with van der Waals surface area (Å²) in [5, 5.41) is 22.9. The van der Waals surface area contributed by atoms with Gasteiger partial charge < -0.3 is 9.84 Å². The largest absolute Gasteiger partial charge is 0.507 e. The average molecular weight is 472 g/mol. The number of esters is 1. The van der Waals surface area contributed by atoms with Gasteiger partial charge in [0, 0.05) is 17.3 Å². The zero-order valence-corrected chi connectivity index (χ0v) is 18.6. The van der Waals surface area contributed by atoms with E-state index >= 15 is 0 Å². The molecular formula is C26H20N2O7. The lowest BCUT2D eigenvalue weighted by Gasteiger charge is -2.25. The Balaban J connectivity index is 1.92. The smallest absolute Gasteiger partial charge is 0.338 e. The van der Waals surface area contributed by atoms with Crippen molar-refractivity contribution >= 4 is 34.8 Å². The number of carbonyl (C=O) groups is 3. The predicted molar refractivity (Wildman–Crippen MR) is 127 cm³/mol. The van der Waals surface area contributed by atoms with E-state index in [9.17, 15) is 29.6 Å². The van der Waals surface area contributed by atoms with Crippen LogP contribution in [0.5, 0.6) is 0 Å². The van der Waals surface area contributed by atoms with Crippen LogP contribution in [0.25, 0.3) is 5.76 Å². The molecule has 1 aliphatic rings. The van der Waals surface area contributed by atoms with Gasteiger partial charge in [0.25, 0.3) is 17.4 Å². The minimum absolute atomic E-state index is 0.0589. The lowest BCUT2D eigenvalue weighted by molar-refractivity contribution is -0.385. The number of hydrogen-bond donors (Lipinski definition) is 1. The molecule has 1 aliphatic heterocycles. The van der Waals surface area contributed by atoms with Crippen molar-refractivity contribution in [2.24, 2.45) is 0 Å². The van der Waals surface area contributed by atoms with Gasteiger partial charge in [0.2, 0.25) is 0 Å². The lowest BCUT2D eigenvalue weighted by Crippen LogP contribution is -2.29. The molecule has 1 fully saturated rings. The van der Waals surface area contributed by atoms with Gasteiger partial charge >= 0.3 is 5.97 Å².